The number of benzene rings is 1. The predicted octanol–water partition coefficient (Wildman–Crippen LogP) is 1.51. The molecule has 2 nitrogen and oxygen atoms in total. The van der Waals surface area contributed by atoms with Crippen molar-refractivity contribution in [1.29, 1.82) is 0 Å². The van der Waals surface area contributed by atoms with Gasteiger partial charge in [0, 0.05) is 18.5 Å². The molecule has 3 heteroatoms. The summed E-state index contributed by atoms with van der Waals surface area (Å²) in [5.74, 6) is -0.342. The number of aryl methyl sites for hydroxylation is 1. The summed E-state index contributed by atoms with van der Waals surface area (Å²) in [6.07, 6.45) is 1.63. The average molecular weight is 149 g/mol. The number of aromatic nitrogens is 2. The van der Waals surface area contributed by atoms with Gasteiger partial charge in [0.05, 0.1) is 11.7 Å². The van der Waals surface area contributed by atoms with Gasteiger partial charge in [0.15, 0.2) is 0 Å². The normalized spacial score (nSPS) is 10.7. The Hall–Kier alpha value is -1.38. The first-order valence-corrected chi connectivity index (χ1v) is 3.26. The Kier molecular flexibility index (Phi) is 1.18. The number of fused-ring (bicyclic) bond motifs is 1. The molecule has 2 rings (SSSR count). The molecule has 0 atom stereocenters. The van der Waals surface area contributed by atoms with E-state index in [0.29, 0.717) is 0 Å². The smallest absolute Gasteiger partial charge is 0.131 e. The zero-order valence-corrected chi connectivity index (χ0v) is 6.00. The van der Waals surface area contributed by atoms with Crippen LogP contribution in [-0.4, -0.2) is 9.78 Å². The first kappa shape index (κ1) is 6.34. The third-order valence-electron chi connectivity index (χ3n) is 1.64. The van der Waals surface area contributed by atoms with Crippen molar-refractivity contribution in [2.75, 3.05) is 0 Å². The van der Waals surface area contributed by atoms with Crippen LogP contribution in [-0.2, 0) is 7.05 Å². The van der Waals surface area contributed by atoms with Gasteiger partial charge in [-0.1, -0.05) is 0 Å². The number of nitrogens with zero attached hydrogens (tertiary/aromatic N) is 2. The van der Waals surface area contributed by atoms with E-state index in [1.165, 1.54) is 6.07 Å². The Morgan fingerprint density at radius 1 is 1.64 bits per heavy atom. The molecular weight excluding hydrogens is 143 g/mol. The largest absolute Gasteiger partial charge is 0.268 e. The van der Waals surface area contributed by atoms with E-state index < -0.39 is 0 Å². The summed E-state index contributed by atoms with van der Waals surface area (Å²) in [7, 11) is 1.81. The first-order valence-electron chi connectivity index (χ1n) is 3.26. The Labute approximate surface area is 63.3 Å². The molecule has 0 fully saturated rings. The minimum absolute atomic E-state index is 0.342. The maximum Gasteiger partial charge on any atom is 0.131 e. The van der Waals surface area contributed by atoms with Gasteiger partial charge < -0.3 is 0 Å². The van der Waals surface area contributed by atoms with Crippen molar-refractivity contribution in [3.8, 4) is 0 Å². The molecular formula is C8H6FN2. The Balaban J connectivity index is 2.86. The van der Waals surface area contributed by atoms with Crippen LogP contribution >= 0.6 is 0 Å². The van der Waals surface area contributed by atoms with E-state index in [9.17, 15) is 4.39 Å². The average Bonchev–Trinajstić information content (AvgIpc) is 2.32. The standard InChI is InChI=1S/C8H6FN2/c1-11-8-3-2-7(9)4-6(8)5-10-11/h3-5H,1H3. The summed E-state index contributed by atoms with van der Waals surface area (Å²) in [6.45, 7) is 0. The summed E-state index contributed by atoms with van der Waals surface area (Å²) in [6, 6.07) is 5.49. The minimum atomic E-state index is -0.342. The molecule has 1 heterocycles. The van der Waals surface area contributed by atoms with Gasteiger partial charge in [-0.15, -0.1) is 0 Å². The summed E-state index contributed by atoms with van der Waals surface area (Å²) in [5.41, 5.74) is 0.895. The second kappa shape index (κ2) is 2.05. The van der Waals surface area contributed by atoms with E-state index in [2.05, 4.69) is 11.2 Å². The number of hydrogen-bond acceptors (Lipinski definition) is 1. The Bertz CT molecular complexity index is 392. The van der Waals surface area contributed by atoms with Crippen molar-refractivity contribution in [1.82, 2.24) is 9.78 Å². The van der Waals surface area contributed by atoms with Crippen LogP contribution in [0.5, 0.6) is 0 Å². The minimum Gasteiger partial charge on any atom is -0.268 e. The van der Waals surface area contributed by atoms with Gasteiger partial charge in [-0.2, -0.15) is 5.10 Å². The lowest BCUT2D eigenvalue weighted by molar-refractivity contribution is 0.627. The molecule has 1 radical (unpaired) electrons. The van der Waals surface area contributed by atoms with E-state index in [1.807, 2.05) is 7.05 Å². The first-order chi connectivity index (χ1) is 5.27. The van der Waals surface area contributed by atoms with Crippen molar-refractivity contribution in [2.24, 2.45) is 7.05 Å². The molecule has 55 valence electrons. The fraction of sp³-hybridized carbons (Fsp3) is 0.125. The molecule has 2 aromatic rings. The molecule has 1 aromatic carbocycles. The van der Waals surface area contributed by atoms with Crippen LogP contribution in [0.15, 0.2) is 18.3 Å². The van der Waals surface area contributed by atoms with Crippen LogP contribution in [0.3, 0.4) is 0 Å². The molecule has 0 bridgehead atoms. The van der Waals surface area contributed by atoms with Gasteiger partial charge >= 0.3 is 0 Å². The van der Waals surface area contributed by atoms with Gasteiger partial charge in [-0.25, -0.2) is 4.39 Å². The summed E-state index contributed by atoms with van der Waals surface area (Å²) in [5, 5.41) is 4.78. The zero-order chi connectivity index (χ0) is 7.84. The SMILES string of the molecule is Cn1ncc2cc(F)[c]cc21. The van der Waals surface area contributed by atoms with E-state index in [4.69, 9.17) is 0 Å². The van der Waals surface area contributed by atoms with Crippen molar-refractivity contribution in [3.05, 3.63) is 30.2 Å². The van der Waals surface area contributed by atoms with Gasteiger partial charge in [-0.05, 0) is 12.1 Å². The van der Waals surface area contributed by atoms with Gasteiger partial charge in [-0.3, -0.25) is 4.68 Å². The molecule has 0 amide bonds. The topological polar surface area (TPSA) is 17.8 Å². The highest BCUT2D eigenvalue weighted by Crippen LogP contribution is 2.12. The lowest BCUT2D eigenvalue weighted by Crippen LogP contribution is -1.88. The number of halogens is 1. The second-order valence-electron chi connectivity index (χ2n) is 2.39. The van der Waals surface area contributed by atoms with Crippen LogP contribution in [0, 0.1) is 11.9 Å². The highest BCUT2D eigenvalue weighted by atomic mass is 19.1. The van der Waals surface area contributed by atoms with Crippen LogP contribution in [0.1, 0.15) is 0 Å². The Morgan fingerprint density at radius 2 is 2.45 bits per heavy atom. The molecule has 11 heavy (non-hydrogen) atoms. The molecule has 0 aliphatic heterocycles. The predicted molar refractivity (Wildman–Crippen MR) is 39.5 cm³/mol. The van der Waals surface area contributed by atoms with Crippen LogP contribution in [0.25, 0.3) is 10.9 Å². The molecule has 1 aromatic heterocycles. The molecule has 0 aliphatic rings. The van der Waals surface area contributed by atoms with E-state index in [0.717, 1.165) is 10.9 Å². The van der Waals surface area contributed by atoms with Crippen LogP contribution < -0.4 is 0 Å². The van der Waals surface area contributed by atoms with E-state index >= 15 is 0 Å². The zero-order valence-electron chi connectivity index (χ0n) is 6.00. The fourth-order valence-corrected chi connectivity index (χ4v) is 1.07. The summed E-state index contributed by atoms with van der Waals surface area (Å²) in [4.78, 5) is 0. The molecule has 0 spiro atoms. The molecule has 0 aliphatic carbocycles. The van der Waals surface area contributed by atoms with E-state index in [1.54, 1.807) is 16.9 Å². The van der Waals surface area contributed by atoms with Crippen molar-refractivity contribution >= 4 is 10.9 Å². The molecule has 0 N–H and O–H groups in total. The third kappa shape index (κ3) is 0.888. The molecule has 0 saturated carbocycles. The van der Waals surface area contributed by atoms with Gasteiger partial charge in [0.1, 0.15) is 5.82 Å². The fourth-order valence-electron chi connectivity index (χ4n) is 1.07. The van der Waals surface area contributed by atoms with Gasteiger partial charge in [0.2, 0.25) is 0 Å². The highest BCUT2D eigenvalue weighted by Gasteiger charge is 1.99. The van der Waals surface area contributed by atoms with E-state index in [-0.39, 0.29) is 5.82 Å². The molecule has 0 saturated heterocycles. The molecule has 0 unspecified atom stereocenters. The second-order valence-corrected chi connectivity index (χ2v) is 2.39. The quantitative estimate of drug-likeness (QED) is 0.555. The summed E-state index contributed by atoms with van der Waals surface area (Å²) >= 11 is 0. The Morgan fingerprint density at radius 3 is 3.27 bits per heavy atom. The lowest BCUT2D eigenvalue weighted by atomic mass is 10.2. The maximum atomic E-state index is 12.6. The summed E-state index contributed by atoms with van der Waals surface area (Å²) < 4.78 is 14.2. The van der Waals surface area contributed by atoms with Crippen molar-refractivity contribution < 1.29 is 4.39 Å². The van der Waals surface area contributed by atoms with Crippen LogP contribution in [0.4, 0.5) is 4.39 Å². The number of hydrogen-bond donors (Lipinski definition) is 0. The van der Waals surface area contributed by atoms with Gasteiger partial charge in [0.25, 0.3) is 0 Å². The van der Waals surface area contributed by atoms with Crippen molar-refractivity contribution in [3.63, 3.8) is 0 Å². The maximum absolute atomic E-state index is 12.6. The monoisotopic (exact) mass is 149 g/mol. The number of rotatable bonds is 0. The van der Waals surface area contributed by atoms with Crippen molar-refractivity contribution in [2.45, 2.75) is 0 Å². The lowest BCUT2D eigenvalue weighted by Gasteiger charge is -1.91. The highest BCUT2D eigenvalue weighted by molar-refractivity contribution is 5.78. The van der Waals surface area contributed by atoms with Crippen LogP contribution in [0.2, 0.25) is 0 Å². The third-order valence-corrected chi connectivity index (χ3v) is 1.64.